The number of aryl methyl sites for hydroxylation is 2. The predicted octanol–water partition coefficient (Wildman–Crippen LogP) is 10.8. The van der Waals surface area contributed by atoms with Crippen molar-refractivity contribution < 1.29 is 23.4 Å². The van der Waals surface area contributed by atoms with Crippen molar-refractivity contribution in [1.29, 1.82) is 0 Å². The summed E-state index contributed by atoms with van der Waals surface area (Å²) in [6.45, 7) is 21.6. The monoisotopic (exact) mass is 859 g/mol. The second kappa shape index (κ2) is 24.1. The minimum atomic E-state index is -3.05. The Morgan fingerprint density at radius 1 is 0.780 bits per heavy atom. The summed E-state index contributed by atoms with van der Waals surface area (Å²) < 4.78 is 24.2. The quantitative estimate of drug-likeness (QED) is 0.219. The third kappa shape index (κ3) is 16.7. The molecule has 1 aromatic carbocycles. The first-order valence-electron chi connectivity index (χ1n) is 22.0. The van der Waals surface area contributed by atoms with Gasteiger partial charge in [-0.25, -0.2) is 13.4 Å². The maximum Gasteiger partial charge on any atom is 0.219 e. The lowest BCUT2D eigenvalue weighted by Gasteiger charge is -2.37. The molecule has 1 saturated heterocycles. The van der Waals surface area contributed by atoms with Gasteiger partial charge in [-0.2, -0.15) is 5.10 Å². The Labute approximate surface area is 363 Å². The number of carbonyl (C=O) groups is 1. The van der Waals surface area contributed by atoms with Crippen LogP contribution in [0.5, 0.6) is 0 Å². The van der Waals surface area contributed by atoms with E-state index in [1.54, 1.807) is 47.5 Å². The smallest absolute Gasteiger partial charge is 0.219 e. The molecule has 2 aliphatic carbocycles. The summed E-state index contributed by atoms with van der Waals surface area (Å²) in [5.41, 5.74) is 0.904. The molecule has 0 atom stereocenters. The van der Waals surface area contributed by atoms with E-state index < -0.39 is 21.0 Å². The van der Waals surface area contributed by atoms with Crippen LogP contribution in [0.4, 0.5) is 0 Å². The van der Waals surface area contributed by atoms with Gasteiger partial charge in [0.2, 0.25) is 5.91 Å². The van der Waals surface area contributed by atoms with Gasteiger partial charge in [0.05, 0.1) is 10.6 Å². The molecule has 0 spiro atoms. The minimum Gasteiger partial charge on any atom is -0.384 e. The van der Waals surface area contributed by atoms with Crippen LogP contribution in [0, 0.1) is 41.4 Å². The van der Waals surface area contributed by atoms with Crippen molar-refractivity contribution in [2.45, 2.75) is 163 Å². The van der Waals surface area contributed by atoms with Crippen molar-refractivity contribution >= 4 is 27.1 Å². The molecule has 3 heterocycles. The fraction of sp³-hybridized carbons (Fsp3) is 0.729. The number of thiazole rings is 1. The van der Waals surface area contributed by atoms with Gasteiger partial charge < -0.3 is 15.1 Å². The summed E-state index contributed by atoms with van der Waals surface area (Å²) in [7, 11) is -1.15. The number of amides is 1. The molecule has 3 fully saturated rings. The Morgan fingerprint density at radius 3 is 1.63 bits per heavy atom. The number of carbonyl (C=O) groups excluding carboxylic acids is 1. The average Bonchev–Trinajstić information content (AvgIpc) is 3.89. The topological polar surface area (TPSA) is 126 Å². The standard InChI is InChI=1S/C13H22N2O.C12H19NOS.C12H18O2S.C10H19NO.CH4/c1-10(2)11-4-7-13(16,8-5-11)12-6-9-14-15(12)3;1-9(2)10-3-5-12(14,6-4-10)11-13-7-8-15-11;1-10(2)4-5-11-6-8-12(9-7-11)15(3,13)14;1-8(2)10-4-6-11(7-5-10)9(3)12;/h6,9-11,16H,4-5,7-8H2,1-3H3;7-10,14H,3-6H2,1-2H3;6-10H,4-5H2,1-3H3;8,10H,4-7H2,1-3H3;1H4. The number of hydrogen-bond acceptors (Lipinski definition) is 8. The van der Waals surface area contributed by atoms with Crippen LogP contribution >= 0.6 is 11.3 Å². The van der Waals surface area contributed by atoms with Gasteiger partial charge >= 0.3 is 0 Å². The summed E-state index contributed by atoms with van der Waals surface area (Å²) in [6, 6.07) is 9.11. The lowest BCUT2D eigenvalue weighted by Crippen LogP contribution is -2.38. The van der Waals surface area contributed by atoms with Crippen LogP contribution in [0.25, 0.3) is 0 Å². The Bertz CT molecular complexity index is 1710. The molecule has 2 saturated carbocycles. The first kappa shape index (κ1) is 52.5. The summed E-state index contributed by atoms with van der Waals surface area (Å²) in [4.78, 5) is 17.6. The number of sulfone groups is 1. The summed E-state index contributed by atoms with van der Waals surface area (Å²) in [5, 5.41) is 28.1. The molecule has 11 heteroatoms. The number of likely N-dealkylation sites (tertiary alicyclic amines) is 1. The zero-order valence-electron chi connectivity index (χ0n) is 37.8. The molecule has 1 amide bonds. The van der Waals surface area contributed by atoms with Gasteiger partial charge in [0, 0.05) is 51.1 Å². The third-order valence-electron chi connectivity index (χ3n) is 13.0. The fourth-order valence-corrected chi connectivity index (χ4v) is 9.99. The van der Waals surface area contributed by atoms with Crippen LogP contribution in [-0.4, -0.2) is 63.5 Å². The molecule has 9 nitrogen and oxygen atoms in total. The highest BCUT2D eigenvalue weighted by molar-refractivity contribution is 7.90. The highest BCUT2D eigenvalue weighted by Gasteiger charge is 2.38. The lowest BCUT2D eigenvalue weighted by atomic mass is 9.73. The van der Waals surface area contributed by atoms with Crippen molar-refractivity contribution in [1.82, 2.24) is 19.7 Å². The molecule has 59 heavy (non-hydrogen) atoms. The van der Waals surface area contributed by atoms with E-state index in [0.717, 1.165) is 124 Å². The second-order valence-electron chi connectivity index (χ2n) is 18.8. The zero-order valence-corrected chi connectivity index (χ0v) is 39.4. The zero-order chi connectivity index (χ0) is 43.3. The van der Waals surface area contributed by atoms with Gasteiger partial charge in [0.25, 0.3) is 0 Å². The van der Waals surface area contributed by atoms with Gasteiger partial charge in [-0.05, 0) is 142 Å². The molecular formula is C48H82N4O5S2. The molecule has 3 aromatic rings. The fourth-order valence-electron chi connectivity index (χ4n) is 8.56. The van der Waals surface area contributed by atoms with Crippen LogP contribution in [0.2, 0.25) is 0 Å². The third-order valence-corrected chi connectivity index (χ3v) is 15.1. The van der Waals surface area contributed by atoms with Crippen molar-refractivity contribution in [2.24, 2.45) is 48.5 Å². The Balaban J connectivity index is 0.000000271. The number of aliphatic hydroxyl groups is 2. The van der Waals surface area contributed by atoms with Crippen molar-refractivity contribution in [2.75, 3.05) is 19.3 Å². The maximum absolute atomic E-state index is 11.2. The normalized spacial score (nSPS) is 23.7. The molecule has 2 N–H and O–H groups in total. The van der Waals surface area contributed by atoms with E-state index in [0.29, 0.717) is 10.8 Å². The van der Waals surface area contributed by atoms with E-state index in [4.69, 9.17) is 0 Å². The van der Waals surface area contributed by atoms with E-state index in [9.17, 15) is 23.4 Å². The van der Waals surface area contributed by atoms with Crippen LogP contribution in [0.15, 0.2) is 53.0 Å². The Kier molecular flexibility index (Phi) is 21.5. The molecule has 6 rings (SSSR count). The van der Waals surface area contributed by atoms with Gasteiger partial charge in [0.15, 0.2) is 9.84 Å². The summed E-state index contributed by atoms with van der Waals surface area (Å²) in [5.74, 6) is 5.55. The number of aromatic nitrogens is 3. The van der Waals surface area contributed by atoms with E-state index in [1.807, 2.05) is 35.5 Å². The SMILES string of the molecule is C.CC(=O)N1CCC(C(C)C)CC1.CC(C)C1CCC(O)(c2ccnn2C)CC1.CC(C)C1CCC(O)(c2nccs2)CC1.CC(C)CCc1ccc(S(C)(=O)=O)cc1. The molecule has 0 unspecified atom stereocenters. The number of rotatable bonds is 9. The molecular weight excluding hydrogens is 777 g/mol. The molecule has 0 radical (unpaired) electrons. The summed E-state index contributed by atoms with van der Waals surface area (Å²) >= 11 is 1.58. The first-order chi connectivity index (χ1) is 27.1. The predicted molar refractivity (Wildman–Crippen MR) is 246 cm³/mol. The second-order valence-corrected chi connectivity index (χ2v) is 21.7. The molecule has 0 bridgehead atoms. The largest absolute Gasteiger partial charge is 0.384 e. The van der Waals surface area contributed by atoms with Crippen molar-refractivity contribution in [3.8, 4) is 0 Å². The molecule has 1 aliphatic heterocycles. The summed E-state index contributed by atoms with van der Waals surface area (Å²) in [6.07, 6.45) is 17.3. The number of hydrogen-bond donors (Lipinski definition) is 2. The van der Waals surface area contributed by atoms with Crippen molar-refractivity contribution in [3.63, 3.8) is 0 Å². The van der Waals surface area contributed by atoms with Crippen LogP contribution in [0.3, 0.4) is 0 Å². The highest BCUT2D eigenvalue weighted by atomic mass is 32.2. The number of nitrogens with zero attached hydrogens (tertiary/aromatic N) is 4. The van der Waals surface area contributed by atoms with Crippen LogP contribution in [0.1, 0.15) is 157 Å². The van der Waals surface area contributed by atoms with Crippen molar-refractivity contribution in [3.05, 3.63) is 64.4 Å². The average molecular weight is 859 g/mol. The number of benzene rings is 1. The Hall–Kier alpha value is -2.60. The van der Waals surface area contributed by atoms with E-state index in [2.05, 4.69) is 65.5 Å². The van der Waals surface area contributed by atoms with Gasteiger partial charge in [-0.3, -0.25) is 9.48 Å². The van der Waals surface area contributed by atoms with E-state index >= 15 is 0 Å². The minimum absolute atomic E-state index is 0. The number of piperidine rings is 1. The van der Waals surface area contributed by atoms with Gasteiger partial charge in [0.1, 0.15) is 16.2 Å². The highest BCUT2D eigenvalue weighted by Crippen LogP contribution is 2.43. The van der Waals surface area contributed by atoms with Crippen LogP contribution in [-0.2, 0) is 39.3 Å². The van der Waals surface area contributed by atoms with Crippen LogP contribution < -0.4 is 0 Å². The molecule has 336 valence electrons. The Morgan fingerprint density at radius 2 is 1.25 bits per heavy atom. The maximum atomic E-state index is 11.2. The molecule has 3 aliphatic rings. The van der Waals surface area contributed by atoms with E-state index in [-0.39, 0.29) is 13.3 Å². The van der Waals surface area contributed by atoms with Gasteiger partial charge in [-0.15, -0.1) is 11.3 Å². The first-order valence-corrected chi connectivity index (χ1v) is 24.8. The lowest BCUT2D eigenvalue weighted by molar-refractivity contribution is -0.130. The molecule has 2 aromatic heterocycles. The van der Waals surface area contributed by atoms with Gasteiger partial charge in [-0.1, -0.05) is 74.9 Å². The van der Waals surface area contributed by atoms with E-state index in [1.165, 1.54) is 24.7 Å².